The molecule has 0 saturated heterocycles. The normalized spacial score (nSPS) is 9.82. The zero-order valence-electron chi connectivity index (χ0n) is 9.93. The van der Waals surface area contributed by atoms with Crippen LogP contribution in [0.1, 0.15) is 5.69 Å². The Morgan fingerprint density at radius 1 is 1.53 bits per heavy atom. The van der Waals surface area contributed by atoms with Gasteiger partial charge in [-0.15, -0.1) is 0 Å². The highest BCUT2D eigenvalue weighted by molar-refractivity contribution is 5.80. The summed E-state index contributed by atoms with van der Waals surface area (Å²) < 4.78 is 0. The largest absolute Gasteiger partial charge is 0.355 e. The molecule has 1 aromatic heterocycles. The molecule has 7 nitrogen and oxygen atoms in total. The fourth-order valence-electron chi connectivity index (χ4n) is 1.14. The standard InChI is InChI=1S/C10H14N4O3/c1-7-4-5-8(14(16)17)10(12-7)11-6-9(15)13(2)3/h4-5H,6H2,1-3H3,(H,11,12). The molecule has 0 aliphatic carbocycles. The molecule has 0 unspecified atom stereocenters. The van der Waals surface area contributed by atoms with Gasteiger partial charge in [-0.3, -0.25) is 14.9 Å². The van der Waals surface area contributed by atoms with Crippen molar-refractivity contribution in [3.05, 3.63) is 27.9 Å². The average molecular weight is 238 g/mol. The van der Waals surface area contributed by atoms with Crippen molar-refractivity contribution in [3.8, 4) is 0 Å². The Kier molecular flexibility index (Phi) is 3.97. The number of hydrogen-bond donors (Lipinski definition) is 1. The Morgan fingerprint density at radius 3 is 2.71 bits per heavy atom. The van der Waals surface area contributed by atoms with Crippen LogP contribution in [0, 0.1) is 17.0 Å². The van der Waals surface area contributed by atoms with E-state index in [1.807, 2.05) is 0 Å². The molecule has 0 radical (unpaired) electrons. The first kappa shape index (κ1) is 12.9. The number of anilines is 1. The molecule has 1 amide bonds. The van der Waals surface area contributed by atoms with Crippen LogP contribution >= 0.6 is 0 Å². The SMILES string of the molecule is Cc1ccc([N+](=O)[O-])c(NCC(=O)N(C)C)n1. The molecule has 1 heterocycles. The molecule has 7 heteroatoms. The molecule has 0 bridgehead atoms. The van der Waals surface area contributed by atoms with Crippen LogP contribution in [0.25, 0.3) is 0 Å². The van der Waals surface area contributed by atoms with Gasteiger partial charge in [0, 0.05) is 25.9 Å². The van der Waals surface area contributed by atoms with Gasteiger partial charge in [-0.1, -0.05) is 0 Å². The third-order valence-corrected chi connectivity index (χ3v) is 2.12. The molecule has 0 aliphatic heterocycles. The number of nitrogens with zero attached hydrogens (tertiary/aromatic N) is 3. The van der Waals surface area contributed by atoms with Crippen LogP contribution in [-0.2, 0) is 4.79 Å². The minimum atomic E-state index is -0.533. The fourth-order valence-corrected chi connectivity index (χ4v) is 1.14. The maximum absolute atomic E-state index is 11.3. The molecule has 0 saturated carbocycles. The van der Waals surface area contributed by atoms with Crippen molar-refractivity contribution < 1.29 is 9.72 Å². The van der Waals surface area contributed by atoms with Gasteiger partial charge in [0.2, 0.25) is 11.7 Å². The Hall–Kier alpha value is -2.18. The predicted molar refractivity (Wildman–Crippen MR) is 62.8 cm³/mol. The summed E-state index contributed by atoms with van der Waals surface area (Å²) in [7, 11) is 3.23. The Balaban J connectivity index is 2.86. The fraction of sp³-hybridized carbons (Fsp3) is 0.400. The molecule has 0 aliphatic rings. The lowest BCUT2D eigenvalue weighted by molar-refractivity contribution is -0.384. The summed E-state index contributed by atoms with van der Waals surface area (Å²) in [5.74, 6) is -0.0622. The number of carbonyl (C=O) groups excluding carboxylic acids is 1. The van der Waals surface area contributed by atoms with E-state index >= 15 is 0 Å². The molecule has 92 valence electrons. The van der Waals surface area contributed by atoms with E-state index < -0.39 is 4.92 Å². The first-order valence-corrected chi connectivity index (χ1v) is 4.98. The molecule has 1 rings (SSSR count). The Labute approximate surface area is 98.6 Å². The summed E-state index contributed by atoms with van der Waals surface area (Å²) in [6.45, 7) is 1.70. The van der Waals surface area contributed by atoms with Crippen molar-refractivity contribution in [1.29, 1.82) is 0 Å². The van der Waals surface area contributed by atoms with Crippen molar-refractivity contribution in [2.45, 2.75) is 6.92 Å². The van der Waals surface area contributed by atoms with Gasteiger partial charge in [0.05, 0.1) is 11.5 Å². The van der Waals surface area contributed by atoms with Crippen LogP contribution < -0.4 is 5.32 Å². The van der Waals surface area contributed by atoms with E-state index in [9.17, 15) is 14.9 Å². The highest BCUT2D eigenvalue weighted by Gasteiger charge is 2.16. The molecule has 17 heavy (non-hydrogen) atoms. The van der Waals surface area contributed by atoms with E-state index in [0.717, 1.165) is 0 Å². The van der Waals surface area contributed by atoms with Gasteiger partial charge >= 0.3 is 5.69 Å². The van der Waals surface area contributed by atoms with E-state index in [0.29, 0.717) is 5.69 Å². The molecule has 1 N–H and O–H groups in total. The molecular weight excluding hydrogens is 224 g/mol. The quantitative estimate of drug-likeness (QED) is 0.619. The van der Waals surface area contributed by atoms with E-state index in [-0.39, 0.29) is 24.0 Å². The second-order valence-corrected chi connectivity index (χ2v) is 3.72. The number of aryl methyl sites for hydroxylation is 1. The number of hydrogen-bond acceptors (Lipinski definition) is 5. The molecular formula is C10H14N4O3. The highest BCUT2D eigenvalue weighted by atomic mass is 16.6. The third kappa shape index (κ3) is 3.40. The van der Waals surface area contributed by atoms with Crippen molar-refractivity contribution in [2.24, 2.45) is 0 Å². The first-order chi connectivity index (χ1) is 7.91. The van der Waals surface area contributed by atoms with E-state index in [1.165, 1.54) is 11.0 Å². The van der Waals surface area contributed by atoms with Gasteiger partial charge in [0.25, 0.3) is 0 Å². The van der Waals surface area contributed by atoms with E-state index in [4.69, 9.17) is 0 Å². The van der Waals surface area contributed by atoms with Gasteiger partial charge < -0.3 is 10.2 Å². The molecule has 0 fully saturated rings. The smallest absolute Gasteiger partial charge is 0.311 e. The number of carbonyl (C=O) groups is 1. The van der Waals surface area contributed by atoms with Crippen LogP contribution in [-0.4, -0.2) is 41.4 Å². The van der Waals surface area contributed by atoms with Gasteiger partial charge in [-0.25, -0.2) is 4.98 Å². The summed E-state index contributed by atoms with van der Waals surface area (Å²) in [4.78, 5) is 27.0. The zero-order valence-corrected chi connectivity index (χ0v) is 9.93. The molecule has 0 aromatic carbocycles. The lowest BCUT2D eigenvalue weighted by Crippen LogP contribution is -2.29. The lowest BCUT2D eigenvalue weighted by atomic mass is 10.3. The van der Waals surface area contributed by atoms with Crippen LogP contribution in [0.4, 0.5) is 11.5 Å². The number of rotatable bonds is 4. The highest BCUT2D eigenvalue weighted by Crippen LogP contribution is 2.21. The van der Waals surface area contributed by atoms with Crippen LogP contribution in [0.3, 0.4) is 0 Å². The van der Waals surface area contributed by atoms with Crippen LogP contribution in [0.15, 0.2) is 12.1 Å². The Bertz CT molecular complexity index is 445. The molecule has 0 spiro atoms. The average Bonchev–Trinajstić information content (AvgIpc) is 2.25. The molecule has 1 aromatic rings. The summed E-state index contributed by atoms with van der Waals surface area (Å²) in [6.07, 6.45) is 0. The van der Waals surface area contributed by atoms with Crippen LogP contribution in [0.5, 0.6) is 0 Å². The van der Waals surface area contributed by atoms with Crippen molar-refractivity contribution in [2.75, 3.05) is 26.0 Å². The van der Waals surface area contributed by atoms with Crippen LogP contribution in [0.2, 0.25) is 0 Å². The minimum absolute atomic E-state index is 0.0235. The molecule has 0 atom stereocenters. The van der Waals surface area contributed by atoms with Crippen molar-refractivity contribution >= 4 is 17.4 Å². The summed E-state index contributed by atoms with van der Waals surface area (Å²) in [6, 6.07) is 2.92. The number of nitro groups is 1. The van der Waals surface area contributed by atoms with Gasteiger partial charge in [-0.2, -0.15) is 0 Å². The maximum Gasteiger partial charge on any atom is 0.311 e. The van der Waals surface area contributed by atoms with Crippen molar-refractivity contribution in [3.63, 3.8) is 0 Å². The predicted octanol–water partition coefficient (Wildman–Crippen LogP) is 0.798. The van der Waals surface area contributed by atoms with Gasteiger partial charge in [0.1, 0.15) is 0 Å². The summed E-state index contributed by atoms with van der Waals surface area (Å²) in [5, 5.41) is 13.4. The second-order valence-electron chi connectivity index (χ2n) is 3.72. The van der Waals surface area contributed by atoms with Gasteiger partial charge in [-0.05, 0) is 13.0 Å². The second kappa shape index (κ2) is 5.24. The number of likely N-dealkylation sites (N-methyl/N-ethyl adjacent to an activating group) is 1. The minimum Gasteiger partial charge on any atom is -0.355 e. The topological polar surface area (TPSA) is 88.4 Å². The van der Waals surface area contributed by atoms with E-state index in [2.05, 4.69) is 10.3 Å². The number of amides is 1. The zero-order chi connectivity index (χ0) is 13.0. The number of pyridine rings is 1. The Morgan fingerprint density at radius 2 is 2.18 bits per heavy atom. The lowest BCUT2D eigenvalue weighted by Gasteiger charge is -2.11. The van der Waals surface area contributed by atoms with E-state index in [1.54, 1.807) is 27.1 Å². The van der Waals surface area contributed by atoms with Crippen molar-refractivity contribution in [1.82, 2.24) is 9.88 Å². The van der Waals surface area contributed by atoms with Gasteiger partial charge in [0.15, 0.2) is 0 Å². The number of aromatic nitrogens is 1. The number of nitrogens with one attached hydrogen (secondary N) is 1. The summed E-state index contributed by atoms with van der Waals surface area (Å²) >= 11 is 0. The third-order valence-electron chi connectivity index (χ3n) is 2.12. The summed E-state index contributed by atoms with van der Waals surface area (Å²) in [5.41, 5.74) is 0.512. The first-order valence-electron chi connectivity index (χ1n) is 4.98. The maximum atomic E-state index is 11.3. The monoisotopic (exact) mass is 238 g/mol.